The normalized spacial score (nSPS) is 11.0. The van der Waals surface area contributed by atoms with Crippen molar-refractivity contribution in [2.45, 2.75) is 13.5 Å². The fourth-order valence-corrected chi connectivity index (χ4v) is 3.46. The summed E-state index contributed by atoms with van der Waals surface area (Å²) < 4.78 is 5.21. The molecule has 0 spiro atoms. The molecule has 30 heavy (non-hydrogen) atoms. The fourth-order valence-electron chi connectivity index (χ4n) is 3.18. The molecule has 0 amide bonds. The van der Waals surface area contributed by atoms with Gasteiger partial charge in [-0.25, -0.2) is 0 Å². The topological polar surface area (TPSA) is 61.8 Å². The first-order chi connectivity index (χ1) is 14.4. The summed E-state index contributed by atoms with van der Waals surface area (Å²) in [7, 11) is 5.84. The number of likely N-dealkylation sites (N-methyl/N-ethyl adjacent to an activating group) is 1. The smallest absolute Gasteiger partial charge is 0.253 e. The second kappa shape index (κ2) is 9.73. The highest BCUT2D eigenvalue weighted by Gasteiger charge is 2.15. The predicted molar refractivity (Wildman–Crippen MR) is 127 cm³/mol. The molecule has 3 N–H and O–H groups in total. The Balaban J connectivity index is 1.83. The maximum absolute atomic E-state index is 12.7. The Morgan fingerprint density at radius 1 is 1.17 bits per heavy atom. The van der Waals surface area contributed by atoms with Crippen LogP contribution in [-0.4, -0.2) is 49.3 Å². The molecule has 158 valence electrons. The minimum Gasteiger partial charge on any atom is -0.497 e. The Labute approximate surface area is 182 Å². The minimum absolute atomic E-state index is 0.0826. The molecule has 0 aliphatic carbocycles. The number of thiocarbonyl (C=S) groups is 1. The van der Waals surface area contributed by atoms with E-state index in [1.54, 1.807) is 7.11 Å². The molecule has 0 saturated heterocycles. The zero-order valence-electron chi connectivity index (χ0n) is 17.9. The number of aromatic nitrogens is 1. The van der Waals surface area contributed by atoms with E-state index in [0.717, 1.165) is 41.0 Å². The number of fused-ring (bicyclic) bond motifs is 1. The molecule has 3 aromatic rings. The number of nitrogens with one attached hydrogen (secondary N) is 3. The number of pyridine rings is 1. The number of aryl methyl sites for hydroxylation is 1. The molecule has 2 aromatic carbocycles. The number of rotatable bonds is 7. The number of aromatic amines is 1. The van der Waals surface area contributed by atoms with Crippen LogP contribution in [0.2, 0.25) is 0 Å². The predicted octanol–water partition coefficient (Wildman–Crippen LogP) is 2.19. The van der Waals surface area contributed by atoms with Crippen LogP contribution in [0.25, 0.3) is 10.9 Å². The Morgan fingerprint density at radius 3 is 2.57 bits per heavy atom. The second-order valence-corrected chi connectivity index (χ2v) is 8.14. The van der Waals surface area contributed by atoms with Crippen molar-refractivity contribution in [2.24, 2.45) is 0 Å². The highest BCUT2D eigenvalue weighted by Crippen LogP contribution is 2.17. The number of H-pyrrole nitrogens is 1. The monoisotopic (exact) mass is 425 g/mol. The quantitative estimate of drug-likeness (QED) is 0.507. The third-order valence-corrected chi connectivity index (χ3v) is 5.31. The number of nitrogens with zero attached hydrogens (tertiary/aromatic N) is 1. The van der Waals surface area contributed by atoms with Crippen LogP contribution in [0.15, 0.2) is 53.3 Å². The number of ether oxygens (including phenoxy) is 1. The zero-order chi connectivity index (χ0) is 21.7. The van der Waals surface area contributed by atoms with Crippen molar-refractivity contribution in [3.8, 4) is 5.75 Å². The standard InChI is InChI=1S/C23H28N4O2S/c1-16-5-10-21-17(13-16)14-18(22(28)25-21)15-27(12-11-26(2)3)23(30)24-19-6-8-20(29-4)9-7-19/h5-10,13-14H,11-12,15H2,1-4H3,(H,24,30)(H,25,28)/p+1. The van der Waals surface area contributed by atoms with E-state index in [1.807, 2.05) is 54.3 Å². The maximum atomic E-state index is 12.7. The van der Waals surface area contributed by atoms with Gasteiger partial charge in [-0.1, -0.05) is 11.6 Å². The van der Waals surface area contributed by atoms with Gasteiger partial charge in [0.1, 0.15) is 5.75 Å². The van der Waals surface area contributed by atoms with E-state index in [4.69, 9.17) is 17.0 Å². The number of hydrogen-bond acceptors (Lipinski definition) is 3. The van der Waals surface area contributed by atoms with Gasteiger partial charge in [0.05, 0.1) is 40.8 Å². The Hall–Kier alpha value is -2.90. The van der Waals surface area contributed by atoms with Crippen molar-refractivity contribution >= 4 is 33.9 Å². The number of methoxy groups -OCH3 is 1. The number of anilines is 1. The van der Waals surface area contributed by atoms with Crippen LogP contribution in [0.3, 0.4) is 0 Å². The third-order valence-electron chi connectivity index (χ3n) is 4.95. The van der Waals surface area contributed by atoms with Crippen LogP contribution in [0.5, 0.6) is 5.75 Å². The molecular formula is C23H29N4O2S+. The van der Waals surface area contributed by atoms with Gasteiger partial charge in [-0.05, 0) is 67.0 Å². The van der Waals surface area contributed by atoms with E-state index in [2.05, 4.69) is 30.5 Å². The first-order valence-corrected chi connectivity index (χ1v) is 10.4. The average Bonchev–Trinajstić information content (AvgIpc) is 2.72. The van der Waals surface area contributed by atoms with E-state index < -0.39 is 0 Å². The molecule has 6 nitrogen and oxygen atoms in total. The summed E-state index contributed by atoms with van der Waals surface area (Å²) in [4.78, 5) is 19.0. The van der Waals surface area contributed by atoms with E-state index in [1.165, 1.54) is 4.90 Å². The molecule has 0 unspecified atom stereocenters. The number of hydrogen-bond donors (Lipinski definition) is 3. The summed E-state index contributed by atoms with van der Waals surface area (Å²) in [6.07, 6.45) is 0. The summed E-state index contributed by atoms with van der Waals surface area (Å²) in [6.45, 7) is 4.11. The molecule has 0 radical (unpaired) electrons. The van der Waals surface area contributed by atoms with Crippen LogP contribution < -0.4 is 20.5 Å². The van der Waals surface area contributed by atoms with E-state index >= 15 is 0 Å². The van der Waals surface area contributed by atoms with E-state index in [0.29, 0.717) is 17.2 Å². The van der Waals surface area contributed by atoms with Gasteiger partial charge in [0.2, 0.25) is 0 Å². The Kier molecular flexibility index (Phi) is 7.07. The highest BCUT2D eigenvalue weighted by molar-refractivity contribution is 7.80. The first kappa shape index (κ1) is 21.8. The van der Waals surface area contributed by atoms with E-state index in [9.17, 15) is 4.79 Å². The molecule has 7 heteroatoms. The highest BCUT2D eigenvalue weighted by atomic mass is 32.1. The molecule has 1 aromatic heterocycles. The van der Waals surface area contributed by atoms with E-state index in [-0.39, 0.29) is 5.56 Å². The molecule has 0 aliphatic heterocycles. The van der Waals surface area contributed by atoms with Crippen molar-refractivity contribution in [1.82, 2.24) is 9.88 Å². The molecular weight excluding hydrogens is 396 g/mol. The van der Waals surface area contributed by atoms with Gasteiger partial charge >= 0.3 is 0 Å². The lowest BCUT2D eigenvalue weighted by molar-refractivity contribution is -0.857. The zero-order valence-corrected chi connectivity index (χ0v) is 18.7. The van der Waals surface area contributed by atoms with Crippen molar-refractivity contribution in [2.75, 3.05) is 39.6 Å². The lowest BCUT2D eigenvalue weighted by Gasteiger charge is -2.26. The fraction of sp³-hybridized carbons (Fsp3) is 0.304. The van der Waals surface area contributed by atoms with Crippen LogP contribution in [0.1, 0.15) is 11.1 Å². The maximum Gasteiger partial charge on any atom is 0.253 e. The van der Waals surface area contributed by atoms with Gasteiger partial charge in [0.15, 0.2) is 5.11 Å². The molecule has 0 fully saturated rings. The minimum atomic E-state index is -0.0826. The van der Waals surface area contributed by atoms with Crippen LogP contribution >= 0.6 is 12.2 Å². The molecule has 0 saturated carbocycles. The van der Waals surface area contributed by atoms with Crippen molar-refractivity contribution in [3.63, 3.8) is 0 Å². The Bertz CT molecular complexity index is 1080. The first-order valence-electron chi connectivity index (χ1n) is 9.97. The van der Waals surface area contributed by atoms with Gasteiger partial charge in [0, 0.05) is 16.8 Å². The SMILES string of the molecule is COc1ccc(NC(=S)N(CC[NH+](C)C)Cc2cc3cc(C)ccc3[nH]c2=O)cc1. The van der Waals surface area contributed by atoms with Crippen molar-refractivity contribution in [3.05, 3.63) is 70.0 Å². The van der Waals surface area contributed by atoms with Crippen molar-refractivity contribution < 1.29 is 9.64 Å². The van der Waals surface area contributed by atoms with Gasteiger partial charge in [0.25, 0.3) is 5.56 Å². The van der Waals surface area contributed by atoms with Gasteiger partial charge in [-0.15, -0.1) is 0 Å². The van der Waals surface area contributed by atoms with Gasteiger partial charge in [-0.2, -0.15) is 0 Å². The summed E-state index contributed by atoms with van der Waals surface area (Å²) in [5.74, 6) is 0.789. The van der Waals surface area contributed by atoms with Crippen molar-refractivity contribution in [1.29, 1.82) is 0 Å². The summed E-state index contributed by atoms with van der Waals surface area (Å²) in [6, 6.07) is 15.6. The lowest BCUT2D eigenvalue weighted by Crippen LogP contribution is -3.06. The molecule has 0 bridgehead atoms. The van der Waals surface area contributed by atoms with Gasteiger partial charge in [-0.3, -0.25) is 4.79 Å². The lowest BCUT2D eigenvalue weighted by atomic mass is 10.1. The summed E-state index contributed by atoms with van der Waals surface area (Å²) in [5.41, 5.74) is 3.50. The third kappa shape index (κ3) is 5.58. The average molecular weight is 426 g/mol. The number of quaternary nitrogens is 1. The van der Waals surface area contributed by atoms with Crippen LogP contribution in [0.4, 0.5) is 5.69 Å². The molecule has 3 rings (SSSR count). The second-order valence-electron chi connectivity index (χ2n) is 7.75. The largest absolute Gasteiger partial charge is 0.497 e. The van der Waals surface area contributed by atoms with Gasteiger partial charge < -0.3 is 24.8 Å². The summed E-state index contributed by atoms with van der Waals surface area (Å²) >= 11 is 5.69. The molecule has 0 aliphatic rings. The molecule has 0 atom stereocenters. The Morgan fingerprint density at radius 2 is 1.90 bits per heavy atom. The molecule has 1 heterocycles. The number of benzene rings is 2. The van der Waals surface area contributed by atoms with Crippen LogP contribution in [-0.2, 0) is 6.54 Å². The van der Waals surface area contributed by atoms with Crippen LogP contribution in [0, 0.1) is 6.92 Å². The summed E-state index contributed by atoms with van der Waals surface area (Å²) in [5, 5.41) is 4.90.